The number of allylic oxidation sites excluding steroid dienone is 5. The highest BCUT2D eigenvalue weighted by atomic mass is 16.2. The zero-order valence-corrected chi connectivity index (χ0v) is 7.03. The van der Waals surface area contributed by atoms with Crippen LogP contribution in [0.1, 0.15) is 19.8 Å². The number of aliphatic hydroxyl groups excluding tert-OH is 1. The summed E-state index contributed by atoms with van der Waals surface area (Å²) in [4.78, 5) is 0. The van der Waals surface area contributed by atoms with Crippen LogP contribution in [0.4, 0.5) is 0 Å². The topological polar surface area (TPSA) is 20.2 Å². The van der Waals surface area contributed by atoms with Gasteiger partial charge < -0.3 is 5.11 Å². The van der Waals surface area contributed by atoms with Crippen LogP contribution in [0.5, 0.6) is 0 Å². The highest BCUT2D eigenvalue weighted by molar-refractivity contribution is 5.01. The number of hydrogen-bond acceptors (Lipinski definition) is 1. The molecule has 0 amide bonds. The monoisotopic (exact) mass is 152 g/mol. The van der Waals surface area contributed by atoms with Crippen LogP contribution in [0.15, 0.2) is 36.5 Å². The van der Waals surface area contributed by atoms with Gasteiger partial charge in [-0.25, -0.2) is 0 Å². The molecule has 0 aliphatic carbocycles. The van der Waals surface area contributed by atoms with E-state index in [1.54, 1.807) is 6.08 Å². The molecular formula is C10H16O. The molecule has 0 aromatic rings. The normalized spacial score (nSPS) is 12.5. The number of unbranched alkanes of at least 4 members (excludes halogenated alkanes) is 1. The minimum Gasteiger partial charge on any atom is -0.392 e. The average molecular weight is 152 g/mol. The molecule has 0 aromatic carbocycles. The van der Waals surface area contributed by atoms with E-state index in [-0.39, 0.29) is 6.61 Å². The van der Waals surface area contributed by atoms with Crippen molar-refractivity contribution in [3.05, 3.63) is 36.5 Å². The fourth-order valence-corrected chi connectivity index (χ4v) is 0.671. The zero-order chi connectivity index (χ0) is 8.36. The number of hydrogen-bond donors (Lipinski definition) is 1. The third-order valence-corrected chi connectivity index (χ3v) is 1.21. The first-order valence-corrected chi connectivity index (χ1v) is 3.95. The summed E-state index contributed by atoms with van der Waals surface area (Å²) in [6.45, 7) is 2.15. The fraction of sp³-hybridized carbons (Fsp3) is 0.400. The molecule has 0 saturated carbocycles. The van der Waals surface area contributed by atoms with Gasteiger partial charge in [-0.2, -0.15) is 0 Å². The molecule has 0 atom stereocenters. The van der Waals surface area contributed by atoms with Gasteiger partial charge in [0.2, 0.25) is 0 Å². The van der Waals surface area contributed by atoms with Crippen molar-refractivity contribution in [3.63, 3.8) is 0 Å². The Bertz CT molecular complexity index is 143. The predicted molar refractivity (Wildman–Crippen MR) is 49.4 cm³/mol. The smallest absolute Gasteiger partial charge is 0.0612 e. The van der Waals surface area contributed by atoms with Gasteiger partial charge in [-0.3, -0.25) is 0 Å². The van der Waals surface area contributed by atoms with Crippen molar-refractivity contribution in [2.45, 2.75) is 19.8 Å². The largest absolute Gasteiger partial charge is 0.392 e. The summed E-state index contributed by atoms with van der Waals surface area (Å²) in [5.41, 5.74) is 0. The van der Waals surface area contributed by atoms with Crippen LogP contribution in [0.3, 0.4) is 0 Å². The Morgan fingerprint density at radius 3 is 2.36 bits per heavy atom. The Morgan fingerprint density at radius 1 is 1.00 bits per heavy atom. The van der Waals surface area contributed by atoms with E-state index in [9.17, 15) is 0 Å². The first-order chi connectivity index (χ1) is 5.41. The lowest BCUT2D eigenvalue weighted by atomic mass is 10.2. The maximum atomic E-state index is 8.39. The van der Waals surface area contributed by atoms with Crippen molar-refractivity contribution < 1.29 is 5.11 Å². The van der Waals surface area contributed by atoms with E-state index in [0.717, 1.165) is 12.8 Å². The van der Waals surface area contributed by atoms with Crippen molar-refractivity contribution in [2.24, 2.45) is 0 Å². The molecule has 62 valence electrons. The summed E-state index contributed by atoms with van der Waals surface area (Å²) in [7, 11) is 0. The van der Waals surface area contributed by atoms with Crippen LogP contribution in [-0.2, 0) is 0 Å². The van der Waals surface area contributed by atoms with E-state index < -0.39 is 0 Å². The van der Waals surface area contributed by atoms with Gasteiger partial charge >= 0.3 is 0 Å². The zero-order valence-electron chi connectivity index (χ0n) is 7.03. The Hall–Kier alpha value is -0.820. The minimum atomic E-state index is 0.151. The van der Waals surface area contributed by atoms with Crippen molar-refractivity contribution in [2.75, 3.05) is 6.61 Å². The molecule has 11 heavy (non-hydrogen) atoms. The Balaban J connectivity index is 3.20. The molecule has 0 radical (unpaired) electrons. The number of aliphatic hydroxyl groups is 1. The Kier molecular flexibility index (Phi) is 8.50. The second kappa shape index (κ2) is 9.18. The van der Waals surface area contributed by atoms with Gasteiger partial charge in [0.15, 0.2) is 0 Å². The molecule has 0 heterocycles. The first-order valence-electron chi connectivity index (χ1n) is 3.95. The summed E-state index contributed by atoms with van der Waals surface area (Å²) in [5, 5.41) is 8.39. The van der Waals surface area contributed by atoms with Crippen LogP contribution >= 0.6 is 0 Å². The van der Waals surface area contributed by atoms with E-state index in [4.69, 9.17) is 5.11 Å². The van der Waals surface area contributed by atoms with Gasteiger partial charge in [0.1, 0.15) is 0 Å². The maximum Gasteiger partial charge on any atom is 0.0612 e. The average Bonchev–Trinajstić information content (AvgIpc) is 2.03. The Morgan fingerprint density at radius 2 is 1.73 bits per heavy atom. The van der Waals surface area contributed by atoms with Crippen LogP contribution in [-0.4, -0.2) is 11.7 Å². The van der Waals surface area contributed by atoms with E-state index in [1.165, 1.54) is 0 Å². The summed E-state index contributed by atoms with van der Waals surface area (Å²) >= 11 is 0. The Labute approximate surface area is 68.7 Å². The van der Waals surface area contributed by atoms with Crippen LogP contribution in [0.25, 0.3) is 0 Å². The van der Waals surface area contributed by atoms with Gasteiger partial charge in [-0.05, 0) is 19.8 Å². The molecule has 0 bridgehead atoms. The van der Waals surface area contributed by atoms with Crippen molar-refractivity contribution in [1.29, 1.82) is 0 Å². The van der Waals surface area contributed by atoms with E-state index >= 15 is 0 Å². The van der Waals surface area contributed by atoms with Gasteiger partial charge in [0.25, 0.3) is 0 Å². The molecule has 0 spiro atoms. The van der Waals surface area contributed by atoms with E-state index in [1.807, 2.05) is 31.2 Å². The van der Waals surface area contributed by atoms with Gasteiger partial charge in [-0.1, -0.05) is 36.5 Å². The van der Waals surface area contributed by atoms with Crippen molar-refractivity contribution in [3.8, 4) is 0 Å². The highest BCUT2D eigenvalue weighted by Crippen LogP contribution is 1.92. The summed E-state index contributed by atoms with van der Waals surface area (Å²) in [5.74, 6) is 0. The van der Waals surface area contributed by atoms with Gasteiger partial charge in [0, 0.05) is 0 Å². The van der Waals surface area contributed by atoms with Crippen LogP contribution in [0.2, 0.25) is 0 Å². The molecule has 0 fully saturated rings. The van der Waals surface area contributed by atoms with Gasteiger partial charge in [-0.15, -0.1) is 0 Å². The lowest BCUT2D eigenvalue weighted by molar-refractivity contribution is 0.342. The highest BCUT2D eigenvalue weighted by Gasteiger charge is 1.73. The third-order valence-electron chi connectivity index (χ3n) is 1.21. The van der Waals surface area contributed by atoms with E-state index in [2.05, 4.69) is 6.08 Å². The SMILES string of the molecule is C/C=C/C=C/CC/C=C/CO. The lowest BCUT2D eigenvalue weighted by Crippen LogP contribution is -1.70. The standard InChI is InChI=1S/C10H16O/c1-2-3-4-5-6-7-8-9-10-11/h2-5,8-9,11H,6-7,10H2,1H3/b3-2+,5-4+,9-8+. The molecular weight excluding hydrogens is 136 g/mol. The molecule has 0 aliphatic rings. The second-order valence-electron chi connectivity index (χ2n) is 2.19. The first kappa shape index (κ1) is 10.2. The lowest BCUT2D eigenvalue weighted by Gasteiger charge is -1.84. The summed E-state index contributed by atoms with van der Waals surface area (Å²) < 4.78 is 0. The van der Waals surface area contributed by atoms with Crippen LogP contribution < -0.4 is 0 Å². The maximum absolute atomic E-state index is 8.39. The predicted octanol–water partition coefficient (Wildman–Crippen LogP) is 2.45. The van der Waals surface area contributed by atoms with E-state index in [0.29, 0.717) is 0 Å². The molecule has 1 heteroatoms. The quantitative estimate of drug-likeness (QED) is 0.364. The molecule has 0 aromatic heterocycles. The molecule has 1 N–H and O–H groups in total. The third kappa shape index (κ3) is 9.18. The van der Waals surface area contributed by atoms with Crippen molar-refractivity contribution >= 4 is 0 Å². The fourth-order valence-electron chi connectivity index (χ4n) is 0.671. The molecule has 1 nitrogen and oxygen atoms in total. The number of rotatable bonds is 5. The molecule has 0 aliphatic heterocycles. The summed E-state index contributed by atoms with van der Waals surface area (Å²) in [6, 6.07) is 0. The molecule has 0 saturated heterocycles. The molecule has 0 unspecified atom stereocenters. The van der Waals surface area contributed by atoms with Crippen LogP contribution in [0, 0.1) is 0 Å². The van der Waals surface area contributed by atoms with Crippen molar-refractivity contribution in [1.82, 2.24) is 0 Å². The second-order valence-corrected chi connectivity index (χ2v) is 2.19. The van der Waals surface area contributed by atoms with Gasteiger partial charge in [0.05, 0.1) is 6.61 Å². The minimum absolute atomic E-state index is 0.151. The molecule has 0 rings (SSSR count). The summed E-state index contributed by atoms with van der Waals surface area (Å²) in [6.07, 6.45) is 14.0.